The van der Waals surface area contributed by atoms with Crippen LogP contribution in [0.3, 0.4) is 0 Å². The molecular formula is C16H18N2O7S. The molecular weight excluding hydrogens is 364 g/mol. The first kappa shape index (κ1) is 18.6. The zero-order chi connectivity index (χ0) is 19.2. The van der Waals surface area contributed by atoms with Crippen LogP contribution >= 0.6 is 11.8 Å². The molecule has 9 nitrogen and oxygen atoms in total. The van der Waals surface area contributed by atoms with Crippen LogP contribution in [-0.2, 0) is 28.7 Å². The Hall–Kier alpha value is -2.20. The highest BCUT2D eigenvalue weighted by atomic mass is 32.2. The van der Waals surface area contributed by atoms with Crippen LogP contribution in [0.2, 0.25) is 0 Å². The van der Waals surface area contributed by atoms with Gasteiger partial charge >= 0.3 is 11.9 Å². The summed E-state index contributed by atoms with van der Waals surface area (Å²) in [6.07, 6.45) is 0.645. The Morgan fingerprint density at radius 1 is 1.35 bits per heavy atom. The number of nitrogens with two attached hydrogens (primary N) is 1. The van der Waals surface area contributed by atoms with Gasteiger partial charge in [0.15, 0.2) is 5.78 Å². The van der Waals surface area contributed by atoms with E-state index in [-0.39, 0.29) is 36.0 Å². The third-order valence-electron chi connectivity index (χ3n) is 4.77. The van der Waals surface area contributed by atoms with E-state index < -0.39 is 46.8 Å². The summed E-state index contributed by atoms with van der Waals surface area (Å²) in [5, 5.41) is 9.32. The Labute approximate surface area is 152 Å². The molecule has 3 atom stereocenters. The van der Waals surface area contributed by atoms with Gasteiger partial charge in [0, 0.05) is 24.7 Å². The number of hydrogen-bond acceptors (Lipinski definition) is 8. The summed E-state index contributed by atoms with van der Waals surface area (Å²) >= 11 is 1.22. The highest BCUT2D eigenvalue weighted by Gasteiger charge is 2.59. The number of nitrogens with zero attached hydrogens (tertiary/aromatic N) is 1. The van der Waals surface area contributed by atoms with Crippen molar-refractivity contribution in [1.82, 2.24) is 4.90 Å². The second-order valence-corrected chi connectivity index (χ2v) is 7.59. The molecule has 3 N–H and O–H groups in total. The monoisotopic (exact) mass is 382 g/mol. The lowest BCUT2D eigenvalue weighted by Gasteiger charge is -2.46. The number of carbonyl (C=O) groups excluding carboxylic acids is 4. The molecule has 1 aliphatic carbocycles. The highest BCUT2D eigenvalue weighted by Crippen LogP contribution is 2.45. The van der Waals surface area contributed by atoms with E-state index in [0.29, 0.717) is 6.42 Å². The molecule has 2 heterocycles. The largest absolute Gasteiger partial charge is 0.477 e. The number of fused-ring (bicyclic) bond motifs is 1. The number of carboxylic acids is 1. The van der Waals surface area contributed by atoms with Gasteiger partial charge in [-0.3, -0.25) is 24.1 Å². The number of Topliss-reactive ketones (excluding diaryl/α,β-unsaturated/α-hetero) is 2. The molecule has 2 fully saturated rings. The second-order valence-electron chi connectivity index (χ2n) is 6.43. The number of hydrogen-bond donors (Lipinski definition) is 2. The standard InChI is InChI=1S/C16H18N2O7S/c1-7(19)25-16(10(20)4-2-3-9(17)14(16)22)8-6-26-12-5-11(21)18(12)13(8)15(23)24/h9,12H,2-6,17H2,1H3,(H,23,24)/t9?,12-,16?/m1/s1. The maximum absolute atomic E-state index is 13.0. The van der Waals surface area contributed by atoms with Gasteiger partial charge in [0.05, 0.1) is 17.8 Å². The Morgan fingerprint density at radius 2 is 2.04 bits per heavy atom. The minimum atomic E-state index is -2.39. The second kappa shape index (κ2) is 6.51. The lowest BCUT2D eigenvalue weighted by molar-refractivity contribution is -0.168. The molecule has 1 saturated heterocycles. The van der Waals surface area contributed by atoms with Gasteiger partial charge in [-0.25, -0.2) is 4.79 Å². The molecule has 2 unspecified atom stereocenters. The van der Waals surface area contributed by atoms with Crippen LogP contribution in [0.4, 0.5) is 0 Å². The Kier molecular flexibility index (Phi) is 4.65. The molecule has 0 aromatic carbocycles. The number of carbonyl (C=O) groups is 5. The molecule has 0 radical (unpaired) electrons. The van der Waals surface area contributed by atoms with Crippen molar-refractivity contribution in [3.63, 3.8) is 0 Å². The van der Waals surface area contributed by atoms with Gasteiger partial charge in [-0.05, 0) is 12.8 Å². The van der Waals surface area contributed by atoms with Crippen LogP contribution in [0.5, 0.6) is 0 Å². The number of aliphatic carboxylic acids is 1. The molecule has 3 aliphatic rings. The van der Waals surface area contributed by atoms with Crippen LogP contribution in [0.25, 0.3) is 0 Å². The number of ether oxygens (including phenoxy) is 1. The maximum Gasteiger partial charge on any atom is 0.352 e. The van der Waals surface area contributed by atoms with E-state index in [9.17, 15) is 29.1 Å². The summed E-state index contributed by atoms with van der Waals surface area (Å²) in [4.78, 5) is 62.5. The van der Waals surface area contributed by atoms with E-state index in [1.165, 1.54) is 11.8 Å². The van der Waals surface area contributed by atoms with Gasteiger partial charge in [-0.15, -0.1) is 11.8 Å². The van der Waals surface area contributed by atoms with Crippen LogP contribution in [0, 0.1) is 0 Å². The number of thioether (sulfide) groups is 1. The molecule has 26 heavy (non-hydrogen) atoms. The number of esters is 1. The summed E-state index contributed by atoms with van der Waals surface area (Å²) in [5.41, 5.74) is 2.85. The van der Waals surface area contributed by atoms with Gasteiger partial charge in [0.25, 0.3) is 5.60 Å². The Bertz CT molecular complexity index is 762. The Balaban J connectivity index is 2.26. The molecule has 1 saturated carbocycles. The van der Waals surface area contributed by atoms with Crippen molar-refractivity contribution in [3.05, 3.63) is 11.3 Å². The first-order chi connectivity index (χ1) is 12.2. The van der Waals surface area contributed by atoms with Crippen LogP contribution in [-0.4, -0.2) is 62.2 Å². The third-order valence-corrected chi connectivity index (χ3v) is 5.99. The third kappa shape index (κ3) is 2.64. The van der Waals surface area contributed by atoms with Gasteiger partial charge in [0.2, 0.25) is 11.7 Å². The van der Waals surface area contributed by atoms with Crippen molar-refractivity contribution in [2.75, 3.05) is 5.75 Å². The quantitative estimate of drug-likeness (QED) is 0.288. The van der Waals surface area contributed by atoms with E-state index in [0.717, 1.165) is 11.8 Å². The van der Waals surface area contributed by atoms with Gasteiger partial charge < -0.3 is 15.6 Å². The number of rotatable bonds is 3. The SMILES string of the molecule is CC(=O)OC1(C2=C(C(=O)O)N3C(=O)C[C@H]3SC2)C(=O)CCCC(N)C1=O. The van der Waals surface area contributed by atoms with Crippen molar-refractivity contribution in [2.45, 2.75) is 49.6 Å². The molecule has 0 spiro atoms. The van der Waals surface area contributed by atoms with E-state index in [4.69, 9.17) is 10.5 Å². The van der Waals surface area contributed by atoms with E-state index >= 15 is 0 Å². The van der Waals surface area contributed by atoms with E-state index in [2.05, 4.69) is 0 Å². The fourth-order valence-corrected chi connectivity index (χ4v) is 4.90. The molecule has 3 rings (SSSR count). The van der Waals surface area contributed by atoms with Gasteiger partial charge in [-0.1, -0.05) is 0 Å². The molecule has 2 aliphatic heterocycles. The predicted molar refractivity (Wildman–Crippen MR) is 88.7 cm³/mol. The van der Waals surface area contributed by atoms with Crippen molar-refractivity contribution in [3.8, 4) is 0 Å². The van der Waals surface area contributed by atoms with E-state index in [1.54, 1.807) is 0 Å². The number of amides is 1. The van der Waals surface area contributed by atoms with Crippen LogP contribution in [0.1, 0.15) is 32.6 Å². The first-order valence-corrected chi connectivity index (χ1v) is 9.18. The number of β-lactam (4-membered cyclic amide) rings is 1. The van der Waals surface area contributed by atoms with Gasteiger partial charge in [-0.2, -0.15) is 0 Å². The maximum atomic E-state index is 13.0. The lowest BCUT2D eigenvalue weighted by atomic mass is 9.81. The molecule has 0 aromatic heterocycles. The normalized spacial score (nSPS) is 31.9. The fourth-order valence-electron chi connectivity index (χ4n) is 3.57. The average molecular weight is 382 g/mol. The highest BCUT2D eigenvalue weighted by molar-refractivity contribution is 8.00. The van der Waals surface area contributed by atoms with Crippen LogP contribution < -0.4 is 5.73 Å². The summed E-state index contributed by atoms with van der Waals surface area (Å²) in [6, 6.07) is -1.07. The first-order valence-electron chi connectivity index (χ1n) is 8.13. The van der Waals surface area contributed by atoms with Crippen molar-refractivity contribution < 1.29 is 33.8 Å². The zero-order valence-electron chi connectivity index (χ0n) is 14.0. The van der Waals surface area contributed by atoms with Crippen molar-refractivity contribution in [1.29, 1.82) is 0 Å². The van der Waals surface area contributed by atoms with Crippen LogP contribution in [0.15, 0.2) is 11.3 Å². The summed E-state index contributed by atoms with van der Waals surface area (Å²) < 4.78 is 5.23. The molecule has 140 valence electrons. The number of ketones is 2. The van der Waals surface area contributed by atoms with E-state index in [1.807, 2.05) is 0 Å². The summed E-state index contributed by atoms with van der Waals surface area (Å²) in [6.45, 7) is 1.04. The molecule has 1 amide bonds. The topological polar surface area (TPSA) is 144 Å². The summed E-state index contributed by atoms with van der Waals surface area (Å²) in [7, 11) is 0. The average Bonchev–Trinajstić information content (AvgIpc) is 2.65. The Morgan fingerprint density at radius 3 is 2.62 bits per heavy atom. The molecule has 0 aromatic rings. The van der Waals surface area contributed by atoms with Crippen molar-refractivity contribution in [2.24, 2.45) is 5.73 Å². The smallest absolute Gasteiger partial charge is 0.352 e. The van der Waals surface area contributed by atoms with Crippen molar-refractivity contribution >= 4 is 41.2 Å². The predicted octanol–water partition coefficient (Wildman–Crippen LogP) is -0.418. The molecule has 10 heteroatoms. The van der Waals surface area contributed by atoms with Gasteiger partial charge in [0.1, 0.15) is 5.70 Å². The fraction of sp³-hybridized carbons (Fsp3) is 0.562. The minimum Gasteiger partial charge on any atom is -0.477 e. The number of carboxylic acid groups (broad SMARTS) is 1. The lowest BCUT2D eigenvalue weighted by Crippen LogP contribution is -2.61. The summed E-state index contributed by atoms with van der Waals surface area (Å²) in [5.74, 6) is -4.34. The zero-order valence-corrected chi connectivity index (χ0v) is 14.8. The minimum absolute atomic E-state index is 0.0203. The molecule has 0 bridgehead atoms.